The smallest absolute Gasteiger partial charge is 0.407 e. The second-order valence-corrected chi connectivity index (χ2v) is 9.71. The number of rotatable bonds is 1. The van der Waals surface area contributed by atoms with Gasteiger partial charge in [-0.2, -0.15) is 0 Å². The first kappa shape index (κ1) is 24.3. The van der Waals surface area contributed by atoms with Gasteiger partial charge >= 0.3 is 6.09 Å². The molecule has 4 N–H and O–H groups in total. The number of allylic oxidation sites excluding steroid dienone is 1. The highest BCUT2D eigenvalue weighted by Gasteiger charge is 2.29. The van der Waals surface area contributed by atoms with E-state index in [0.29, 0.717) is 24.7 Å². The van der Waals surface area contributed by atoms with Crippen LogP contribution in [0.4, 0.5) is 10.6 Å². The summed E-state index contributed by atoms with van der Waals surface area (Å²) in [5.41, 5.74) is 7.91. The maximum Gasteiger partial charge on any atom is 0.407 e. The Kier molecular flexibility index (Phi) is 7.42. The highest BCUT2D eigenvalue weighted by Crippen LogP contribution is 2.25. The summed E-state index contributed by atoms with van der Waals surface area (Å²) < 4.78 is 5.38. The number of piperidine rings is 1. The van der Waals surface area contributed by atoms with Crippen LogP contribution in [0.1, 0.15) is 59.4 Å². The number of pyridine rings is 1. The molecule has 0 bridgehead atoms. The topological polar surface area (TPSA) is 117 Å². The molecule has 0 saturated carbocycles. The van der Waals surface area contributed by atoms with E-state index in [0.717, 1.165) is 41.8 Å². The third-order valence-electron chi connectivity index (χ3n) is 5.59. The zero-order chi connectivity index (χ0) is 24.2. The van der Waals surface area contributed by atoms with Crippen molar-refractivity contribution in [2.45, 2.75) is 65.5 Å². The molecule has 1 unspecified atom stereocenters. The van der Waals surface area contributed by atoms with Gasteiger partial charge in [0.1, 0.15) is 23.1 Å². The van der Waals surface area contributed by atoms with Gasteiger partial charge in [-0.3, -0.25) is 5.41 Å². The van der Waals surface area contributed by atoms with Gasteiger partial charge < -0.3 is 20.7 Å². The number of amides is 1. The predicted octanol–water partition coefficient (Wildman–Crippen LogP) is 3.74. The molecule has 1 atom stereocenters. The van der Waals surface area contributed by atoms with Gasteiger partial charge in [-0.05, 0) is 59.1 Å². The van der Waals surface area contributed by atoms with Crippen molar-refractivity contribution in [2.24, 2.45) is 10.9 Å². The number of carbonyl (C=O) groups excluding carboxylic acids is 1. The van der Waals surface area contributed by atoms with Crippen LogP contribution in [0.3, 0.4) is 0 Å². The molecule has 3 heterocycles. The maximum absolute atomic E-state index is 12.1. The Morgan fingerprint density at radius 2 is 1.97 bits per heavy atom. The first-order valence-corrected chi connectivity index (χ1v) is 11.4. The molecule has 3 rings (SSSR count). The van der Waals surface area contributed by atoms with Gasteiger partial charge in [0, 0.05) is 36.8 Å². The van der Waals surface area contributed by atoms with Crippen molar-refractivity contribution < 1.29 is 9.53 Å². The molecule has 8 heteroatoms. The number of nitrogen functional groups attached to an aromatic ring is 1. The lowest BCUT2D eigenvalue weighted by atomic mass is 9.97. The molecule has 8 nitrogen and oxygen atoms in total. The molecule has 1 aromatic heterocycles. The van der Waals surface area contributed by atoms with E-state index in [1.165, 1.54) is 0 Å². The molecule has 0 aliphatic carbocycles. The molecule has 2 aliphatic heterocycles. The van der Waals surface area contributed by atoms with Gasteiger partial charge in [0.05, 0.1) is 5.57 Å². The molecule has 1 amide bonds. The zero-order valence-corrected chi connectivity index (χ0v) is 20.2. The van der Waals surface area contributed by atoms with Crippen LogP contribution in [0.5, 0.6) is 0 Å². The van der Waals surface area contributed by atoms with E-state index in [-0.39, 0.29) is 18.1 Å². The van der Waals surface area contributed by atoms with Crippen LogP contribution in [0, 0.1) is 23.2 Å². The van der Waals surface area contributed by atoms with Gasteiger partial charge in [0.2, 0.25) is 0 Å². The predicted molar refractivity (Wildman–Crippen MR) is 131 cm³/mol. The lowest BCUT2D eigenvalue weighted by molar-refractivity contribution is 0.0488. The first-order chi connectivity index (χ1) is 15.5. The monoisotopic (exact) mass is 450 g/mol. The molecule has 0 aromatic carbocycles. The number of nitrogens with one attached hydrogen (secondary N) is 2. The number of amidine groups is 2. The minimum Gasteiger partial charge on any atom is -0.444 e. The van der Waals surface area contributed by atoms with Gasteiger partial charge in [-0.15, -0.1) is 0 Å². The van der Waals surface area contributed by atoms with Crippen LogP contribution in [0.25, 0.3) is 0 Å². The average molecular weight is 451 g/mol. The standard InChI is InChI=1S/C25H34N6O2/c1-16-14-17(2)22(27)30-23(20(16)8-6-18-7-9-21(26)28-15-18)31-12-10-19(11-13-31)29-24(32)33-25(3,4)5/h7,9,15,17,19,27H,10-14H2,1-5H3,(H2,26,28)(H,29,32). The van der Waals surface area contributed by atoms with E-state index >= 15 is 0 Å². The molecule has 2 aliphatic rings. The summed E-state index contributed by atoms with van der Waals surface area (Å²) in [6.07, 6.45) is 3.55. The molecule has 1 aromatic rings. The Hall–Kier alpha value is -3.34. The van der Waals surface area contributed by atoms with E-state index in [9.17, 15) is 4.79 Å². The van der Waals surface area contributed by atoms with E-state index < -0.39 is 5.60 Å². The summed E-state index contributed by atoms with van der Waals surface area (Å²) in [5.74, 6) is 8.07. The number of nitrogens with zero attached hydrogens (tertiary/aromatic N) is 3. The molecule has 0 spiro atoms. The summed E-state index contributed by atoms with van der Waals surface area (Å²) in [7, 11) is 0. The summed E-state index contributed by atoms with van der Waals surface area (Å²) in [6.45, 7) is 11.1. The lowest BCUT2D eigenvalue weighted by Gasteiger charge is -2.35. The number of likely N-dealkylation sites (tertiary alicyclic amines) is 1. The summed E-state index contributed by atoms with van der Waals surface area (Å²) >= 11 is 0. The summed E-state index contributed by atoms with van der Waals surface area (Å²) in [4.78, 5) is 23.1. The largest absolute Gasteiger partial charge is 0.444 e. The average Bonchev–Trinajstić information content (AvgIpc) is 2.83. The van der Waals surface area contributed by atoms with E-state index in [2.05, 4.69) is 34.0 Å². The maximum atomic E-state index is 12.1. The quantitative estimate of drug-likeness (QED) is 0.564. The number of anilines is 1. The lowest BCUT2D eigenvalue weighted by Crippen LogP contribution is -2.48. The van der Waals surface area contributed by atoms with Crippen LogP contribution in [0.2, 0.25) is 0 Å². The highest BCUT2D eigenvalue weighted by atomic mass is 16.6. The fourth-order valence-electron chi connectivity index (χ4n) is 3.84. The third-order valence-corrected chi connectivity index (χ3v) is 5.59. The minimum absolute atomic E-state index is 0.0314. The fraction of sp³-hybridized carbons (Fsp3) is 0.520. The number of ether oxygens (including phenoxy) is 1. The van der Waals surface area contributed by atoms with Gasteiger partial charge in [-0.1, -0.05) is 24.3 Å². The Morgan fingerprint density at radius 3 is 2.58 bits per heavy atom. The number of aliphatic imine (C=N–C) groups is 1. The van der Waals surface area contributed by atoms with Crippen molar-refractivity contribution in [3.05, 3.63) is 35.0 Å². The van der Waals surface area contributed by atoms with Gasteiger partial charge in [0.15, 0.2) is 0 Å². The second kappa shape index (κ2) is 10.1. The molecule has 0 radical (unpaired) electrons. The highest BCUT2D eigenvalue weighted by molar-refractivity contribution is 6.10. The Balaban J connectivity index is 1.77. The summed E-state index contributed by atoms with van der Waals surface area (Å²) in [6, 6.07) is 3.62. The number of nitrogens with two attached hydrogens (primary N) is 1. The van der Waals surface area contributed by atoms with Crippen LogP contribution in [-0.4, -0.2) is 52.4 Å². The number of hydrogen-bond acceptors (Lipinski definition) is 6. The zero-order valence-electron chi connectivity index (χ0n) is 20.2. The van der Waals surface area contributed by atoms with Crippen LogP contribution < -0.4 is 11.1 Å². The fourth-order valence-corrected chi connectivity index (χ4v) is 3.84. The normalized spacial score (nSPS) is 19.9. The molecular formula is C25H34N6O2. The number of carbonyl (C=O) groups is 1. The van der Waals surface area contributed by atoms with E-state index in [4.69, 9.17) is 20.9 Å². The SMILES string of the molecule is CC1=C(C#Cc2ccc(N)nc2)C(N2CCC(NC(=O)OC(C)(C)C)CC2)=NC(=N)C(C)C1. The van der Waals surface area contributed by atoms with Crippen LogP contribution in [0.15, 0.2) is 34.5 Å². The molecule has 33 heavy (non-hydrogen) atoms. The van der Waals surface area contributed by atoms with Crippen molar-refractivity contribution >= 4 is 23.6 Å². The van der Waals surface area contributed by atoms with Crippen LogP contribution in [-0.2, 0) is 4.74 Å². The molecular weight excluding hydrogens is 416 g/mol. The van der Waals surface area contributed by atoms with Gasteiger partial charge in [0.25, 0.3) is 0 Å². The number of alkyl carbamates (subject to hydrolysis) is 1. The third kappa shape index (κ3) is 6.82. The Bertz CT molecular complexity index is 1020. The number of aromatic nitrogens is 1. The van der Waals surface area contributed by atoms with Crippen molar-refractivity contribution in [3.63, 3.8) is 0 Å². The van der Waals surface area contributed by atoms with Crippen molar-refractivity contribution in [3.8, 4) is 11.8 Å². The first-order valence-electron chi connectivity index (χ1n) is 11.4. The minimum atomic E-state index is -0.521. The second-order valence-electron chi connectivity index (χ2n) is 9.71. The molecule has 1 saturated heterocycles. The van der Waals surface area contributed by atoms with Crippen LogP contribution >= 0.6 is 0 Å². The van der Waals surface area contributed by atoms with E-state index in [1.54, 1.807) is 12.3 Å². The van der Waals surface area contributed by atoms with Crippen molar-refractivity contribution in [1.29, 1.82) is 5.41 Å². The molecule has 176 valence electrons. The van der Waals surface area contributed by atoms with Crippen molar-refractivity contribution in [2.75, 3.05) is 18.8 Å². The van der Waals surface area contributed by atoms with Gasteiger partial charge in [-0.25, -0.2) is 14.8 Å². The van der Waals surface area contributed by atoms with Crippen molar-refractivity contribution in [1.82, 2.24) is 15.2 Å². The molecule has 1 fully saturated rings. The number of hydrogen-bond donors (Lipinski definition) is 3. The van der Waals surface area contributed by atoms with E-state index in [1.807, 2.05) is 33.8 Å². The summed E-state index contributed by atoms with van der Waals surface area (Å²) in [5, 5.41) is 11.4. The Morgan fingerprint density at radius 1 is 1.27 bits per heavy atom. The Labute approximate surface area is 196 Å².